The van der Waals surface area contributed by atoms with Gasteiger partial charge in [0.25, 0.3) is 0 Å². The summed E-state index contributed by atoms with van der Waals surface area (Å²) < 4.78 is 29.2. The van der Waals surface area contributed by atoms with Gasteiger partial charge in [0.2, 0.25) is 10.0 Å². The zero-order chi connectivity index (χ0) is 14.6. The molecule has 2 aromatic rings. The smallest absolute Gasteiger partial charge is 0.240 e. The van der Waals surface area contributed by atoms with Crippen molar-refractivity contribution >= 4 is 37.6 Å². The number of nitrogens with one attached hydrogen (secondary N) is 1. The molecule has 0 spiro atoms. The van der Waals surface area contributed by atoms with E-state index < -0.39 is 10.0 Å². The molecule has 0 saturated heterocycles. The van der Waals surface area contributed by atoms with Crippen LogP contribution < -0.4 is 4.72 Å². The number of sulfonamides is 1. The lowest BCUT2D eigenvalue weighted by molar-refractivity contribution is 0.553. The van der Waals surface area contributed by atoms with Crippen molar-refractivity contribution in [3.63, 3.8) is 0 Å². The van der Waals surface area contributed by atoms with Crippen LogP contribution in [0.4, 0.5) is 0 Å². The number of nitrogens with zero attached hydrogens (tertiary/aromatic N) is 2. The molecule has 0 amide bonds. The predicted octanol–water partition coefficient (Wildman–Crippen LogP) is 2.67. The van der Waals surface area contributed by atoms with Gasteiger partial charge in [0, 0.05) is 24.3 Å². The monoisotopic (exact) mass is 377 g/mol. The summed E-state index contributed by atoms with van der Waals surface area (Å²) in [6, 6.07) is 6.07. The molecule has 2 rings (SSSR count). The first kappa shape index (κ1) is 15.5. The van der Waals surface area contributed by atoms with Crippen molar-refractivity contribution in [3.05, 3.63) is 46.2 Å². The minimum absolute atomic E-state index is 0.212. The maximum atomic E-state index is 12.0. The van der Waals surface area contributed by atoms with Crippen LogP contribution in [0.2, 0.25) is 5.02 Å². The van der Waals surface area contributed by atoms with Gasteiger partial charge in [0.1, 0.15) is 0 Å². The third-order valence-electron chi connectivity index (χ3n) is 2.58. The number of benzene rings is 1. The lowest BCUT2D eigenvalue weighted by Crippen LogP contribution is -2.25. The maximum absolute atomic E-state index is 12.0. The van der Waals surface area contributed by atoms with Gasteiger partial charge in [-0.1, -0.05) is 11.6 Å². The van der Waals surface area contributed by atoms with Crippen LogP contribution in [0.15, 0.2) is 46.0 Å². The predicted molar refractivity (Wildman–Crippen MR) is 81.2 cm³/mol. The first-order chi connectivity index (χ1) is 9.47. The molecule has 0 unspecified atom stereocenters. The molecule has 20 heavy (non-hydrogen) atoms. The van der Waals surface area contributed by atoms with Crippen LogP contribution in [-0.4, -0.2) is 24.7 Å². The molecule has 0 aliphatic rings. The number of rotatable bonds is 6. The van der Waals surface area contributed by atoms with Gasteiger partial charge in [-0.2, -0.15) is 5.10 Å². The van der Waals surface area contributed by atoms with Crippen LogP contribution in [0, 0.1) is 0 Å². The van der Waals surface area contributed by atoms with Crippen molar-refractivity contribution < 1.29 is 8.42 Å². The second-order valence-electron chi connectivity index (χ2n) is 4.13. The molecule has 0 aliphatic carbocycles. The summed E-state index contributed by atoms with van der Waals surface area (Å²) in [5.74, 6) is 0. The fourth-order valence-corrected chi connectivity index (χ4v) is 3.13. The molecular weight excluding hydrogens is 366 g/mol. The average Bonchev–Trinajstić information content (AvgIpc) is 2.81. The Balaban J connectivity index is 1.85. The summed E-state index contributed by atoms with van der Waals surface area (Å²) in [5, 5.41) is 4.60. The number of halogens is 2. The Bertz CT molecular complexity index is 670. The highest BCUT2D eigenvalue weighted by Gasteiger charge is 2.12. The molecule has 108 valence electrons. The Kier molecular flexibility index (Phi) is 5.20. The van der Waals surface area contributed by atoms with E-state index in [0.29, 0.717) is 24.5 Å². The second kappa shape index (κ2) is 6.71. The highest BCUT2D eigenvalue weighted by Crippen LogP contribution is 2.13. The number of aryl methyl sites for hydroxylation is 1. The topological polar surface area (TPSA) is 64.0 Å². The van der Waals surface area contributed by atoms with Gasteiger partial charge in [-0.3, -0.25) is 4.68 Å². The summed E-state index contributed by atoms with van der Waals surface area (Å²) in [4.78, 5) is 0.212. The van der Waals surface area contributed by atoms with Crippen molar-refractivity contribution in [2.24, 2.45) is 0 Å². The van der Waals surface area contributed by atoms with Gasteiger partial charge in [0.15, 0.2) is 0 Å². The Morgan fingerprint density at radius 3 is 2.60 bits per heavy atom. The van der Waals surface area contributed by atoms with Gasteiger partial charge in [-0.05, 0) is 46.6 Å². The largest absolute Gasteiger partial charge is 0.272 e. The summed E-state index contributed by atoms with van der Waals surface area (Å²) in [6.07, 6.45) is 4.19. The van der Waals surface area contributed by atoms with E-state index in [-0.39, 0.29) is 4.90 Å². The molecule has 5 nitrogen and oxygen atoms in total. The van der Waals surface area contributed by atoms with E-state index >= 15 is 0 Å². The maximum Gasteiger partial charge on any atom is 0.240 e. The third-order valence-corrected chi connectivity index (χ3v) is 4.72. The quantitative estimate of drug-likeness (QED) is 0.786. The van der Waals surface area contributed by atoms with E-state index in [1.54, 1.807) is 23.0 Å². The molecule has 0 fully saturated rings. The molecule has 0 bridgehead atoms. The SMILES string of the molecule is O=S(=O)(NCCCn1cc(Br)cn1)c1ccc(Cl)cc1. The first-order valence-corrected chi connectivity index (χ1v) is 8.56. The number of hydrogen-bond acceptors (Lipinski definition) is 3. The molecule has 1 aromatic heterocycles. The summed E-state index contributed by atoms with van der Waals surface area (Å²) >= 11 is 9.03. The van der Waals surface area contributed by atoms with Gasteiger partial charge in [0.05, 0.1) is 15.6 Å². The zero-order valence-electron chi connectivity index (χ0n) is 10.5. The summed E-state index contributed by atoms with van der Waals surface area (Å²) in [5.41, 5.74) is 0. The minimum Gasteiger partial charge on any atom is -0.272 e. The lowest BCUT2D eigenvalue weighted by Gasteiger charge is -2.07. The normalized spacial score (nSPS) is 11.7. The van der Waals surface area contributed by atoms with Crippen molar-refractivity contribution in [2.75, 3.05) is 6.54 Å². The first-order valence-electron chi connectivity index (χ1n) is 5.90. The Labute approximate surface area is 131 Å². The van der Waals surface area contributed by atoms with Crippen LogP contribution >= 0.6 is 27.5 Å². The molecule has 1 aromatic carbocycles. The lowest BCUT2D eigenvalue weighted by atomic mass is 10.4. The van der Waals surface area contributed by atoms with Gasteiger partial charge >= 0.3 is 0 Å². The van der Waals surface area contributed by atoms with Crippen LogP contribution in [-0.2, 0) is 16.6 Å². The van der Waals surface area contributed by atoms with E-state index in [4.69, 9.17) is 11.6 Å². The molecule has 0 radical (unpaired) electrons. The van der Waals surface area contributed by atoms with E-state index in [2.05, 4.69) is 25.8 Å². The molecule has 1 N–H and O–H groups in total. The fraction of sp³-hybridized carbons (Fsp3) is 0.250. The van der Waals surface area contributed by atoms with E-state index in [1.165, 1.54) is 12.1 Å². The van der Waals surface area contributed by atoms with Gasteiger partial charge in [-0.15, -0.1) is 0 Å². The summed E-state index contributed by atoms with van der Waals surface area (Å²) in [6.45, 7) is 0.997. The zero-order valence-corrected chi connectivity index (χ0v) is 13.6. The Morgan fingerprint density at radius 1 is 1.30 bits per heavy atom. The van der Waals surface area contributed by atoms with E-state index in [0.717, 1.165) is 4.47 Å². The van der Waals surface area contributed by atoms with Crippen molar-refractivity contribution in [1.29, 1.82) is 0 Å². The van der Waals surface area contributed by atoms with Crippen LogP contribution in [0.5, 0.6) is 0 Å². The van der Waals surface area contributed by atoms with E-state index in [9.17, 15) is 8.42 Å². The summed E-state index contributed by atoms with van der Waals surface area (Å²) in [7, 11) is -3.47. The van der Waals surface area contributed by atoms with Crippen LogP contribution in [0.25, 0.3) is 0 Å². The molecule has 0 aliphatic heterocycles. The van der Waals surface area contributed by atoms with Crippen molar-refractivity contribution in [3.8, 4) is 0 Å². The molecule has 1 heterocycles. The van der Waals surface area contributed by atoms with E-state index in [1.807, 2.05) is 6.20 Å². The number of aromatic nitrogens is 2. The highest BCUT2D eigenvalue weighted by molar-refractivity contribution is 9.10. The fourth-order valence-electron chi connectivity index (χ4n) is 1.61. The van der Waals surface area contributed by atoms with Crippen molar-refractivity contribution in [2.45, 2.75) is 17.9 Å². The third kappa shape index (κ3) is 4.31. The highest BCUT2D eigenvalue weighted by atomic mass is 79.9. The molecule has 8 heteroatoms. The minimum atomic E-state index is -3.47. The Hall–Kier alpha value is -0.890. The van der Waals surface area contributed by atoms with Gasteiger partial charge < -0.3 is 0 Å². The molecule has 0 atom stereocenters. The molecule has 0 saturated carbocycles. The second-order valence-corrected chi connectivity index (χ2v) is 7.25. The number of hydrogen-bond donors (Lipinski definition) is 1. The Morgan fingerprint density at radius 2 is 2.00 bits per heavy atom. The van der Waals surface area contributed by atoms with Crippen LogP contribution in [0.1, 0.15) is 6.42 Å². The van der Waals surface area contributed by atoms with Gasteiger partial charge in [-0.25, -0.2) is 13.1 Å². The molecular formula is C12H13BrClN3O2S. The standard InChI is InChI=1S/C12H13BrClN3O2S/c13-10-8-15-17(9-10)7-1-6-16-20(18,19)12-4-2-11(14)3-5-12/h2-5,8-9,16H,1,6-7H2. The van der Waals surface area contributed by atoms with Crippen molar-refractivity contribution in [1.82, 2.24) is 14.5 Å². The average molecular weight is 379 g/mol. The van der Waals surface area contributed by atoms with Crippen LogP contribution in [0.3, 0.4) is 0 Å².